The predicted molar refractivity (Wildman–Crippen MR) is 146 cm³/mol. The SMILES string of the molecule is CCOC(=O)C1=C(N)N(c2ccc(Cl)cc2)C2=C(C(=O)CC(C)(C)C2)[C@@H]1c1cc(OC)c(OC)c(OC)c1. The normalized spacial score (nSPS) is 18.8. The van der Waals surface area contributed by atoms with Crippen LogP contribution in [0.4, 0.5) is 5.69 Å². The lowest BCUT2D eigenvalue weighted by Crippen LogP contribution is -2.43. The third-order valence-electron chi connectivity index (χ3n) is 6.86. The smallest absolute Gasteiger partial charge is 0.338 e. The summed E-state index contributed by atoms with van der Waals surface area (Å²) in [5.74, 6) is -0.0878. The zero-order valence-corrected chi connectivity index (χ0v) is 23.3. The number of hydrogen-bond donors (Lipinski definition) is 1. The molecule has 1 aliphatic heterocycles. The van der Waals surface area contributed by atoms with Crippen molar-refractivity contribution >= 4 is 29.0 Å². The number of rotatable bonds is 7. The molecule has 4 rings (SSSR count). The summed E-state index contributed by atoms with van der Waals surface area (Å²) in [4.78, 5) is 29.2. The first kappa shape index (κ1) is 27.4. The van der Waals surface area contributed by atoms with Gasteiger partial charge < -0.3 is 24.7 Å². The molecule has 0 radical (unpaired) electrons. The quantitative estimate of drug-likeness (QED) is 0.469. The monoisotopic (exact) mass is 540 g/mol. The molecule has 0 saturated heterocycles. The van der Waals surface area contributed by atoms with Gasteiger partial charge in [-0.15, -0.1) is 0 Å². The highest BCUT2D eigenvalue weighted by Crippen LogP contribution is 2.52. The molecule has 1 atom stereocenters. The third-order valence-corrected chi connectivity index (χ3v) is 7.11. The highest BCUT2D eigenvalue weighted by atomic mass is 35.5. The standard InChI is InChI=1S/C29H33ClN2O6/c1-7-38-28(34)25-23(16-12-21(35-4)26(37-6)22(13-16)36-5)24-19(14-29(2,3)15-20(24)33)32(27(25)31)18-10-8-17(30)9-11-18/h8-13,23H,7,14-15,31H2,1-6H3/t23-/m0/s1. The van der Waals surface area contributed by atoms with Gasteiger partial charge in [-0.05, 0) is 60.7 Å². The summed E-state index contributed by atoms with van der Waals surface area (Å²) in [6.45, 7) is 5.96. The molecule has 1 aliphatic carbocycles. The third kappa shape index (κ3) is 4.80. The van der Waals surface area contributed by atoms with E-state index in [9.17, 15) is 9.59 Å². The second-order valence-electron chi connectivity index (χ2n) is 10.0. The van der Waals surface area contributed by atoms with Crippen molar-refractivity contribution in [2.45, 2.75) is 39.5 Å². The molecule has 0 aromatic heterocycles. The summed E-state index contributed by atoms with van der Waals surface area (Å²) >= 11 is 6.16. The van der Waals surface area contributed by atoms with Gasteiger partial charge in [0.25, 0.3) is 0 Å². The van der Waals surface area contributed by atoms with E-state index in [0.29, 0.717) is 51.9 Å². The van der Waals surface area contributed by atoms with Crippen LogP contribution in [0.15, 0.2) is 59.1 Å². The van der Waals surface area contributed by atoms with Gasteiger partial charge in [-0.1, -0.05) is 25.4 Å². The van der Waals surface area contributed by atoms with E-state index in [2.05, 4.69) is 0 Å². The van der Waals surface area contributed by atoms with E-state index < -0.39 is 11.9 Å². The summed E-state index contributed by atoms with van der Waals surface area (Å²) in [6, 6.07) is 10.6. The van der Waals surface area contributed by atoms with Crippen LogP contribution in [0.1, 0.15) is 45.1 Å². The van der Waals surface area contributed by atoms with Gasteiger partial charge in [-0.25, -0.2) is 4.79 Å². The van der Waals surface area contributed by atoms with Crippen molar-refractivity contribution in [3.63, 3.8) is 0 Å². The molecule has 2 aromatic rings. The van der Waals surface area contributed by atoms with Crippen LogP contribution < -0.4 is 24.8 Å². The molecule has 202 valence electrons. The maximum absolute atomic E-state index is 13.9. The van der Waals surface area contributed by atoms with Crippen LogP contribution in [0.2, 0.25) is 5.02 Å². The number of nitrogens with two attached hydrogens (primary N) is 1. The molecule has 0 bridgehead atoms. The Kier molecular flexibility index (Phi) is 7.65. The van der Waals surface area contributed by atoms with E-state index in [1.165, 1.54) is 21.3 Å². The highest BCUT2D eigenvalue weighted by molar-refractivity contribution is 6.30. The number of nitrogens with zero attached hydrogens (tertiary/aromatic N) is 1. The number of halogens is 1. The lowest BCUT2D eigenvalue weighted by molar-refractivity contribution is -0.138. The van der Waals surface area contributed by atoms with Crippen molar-refractivity contribution in [2.75, 3.05) is 32.8 Å². The number of anilines is 1. The molecule has 2 aromatic carbocycles. The van der Waals surface area contributed by atoms with E-state index in [-0.39, 0.29) is 29.2 Å². The molecule has 9 heteroatoms. The number of allylic oxidation sites excluding steroid dienone is 2. The Labute approximate surface area is 227 Å². The fraction of sp³-hybridized carbons (Fsp3) is 0.379. The Bertz CT molecular complexity index is 1300. The number of ether oxygens (including phenoxy) is 4. The molecule has 0 saturated carbocycles. The molecule has 0 spiro atoms. The number of ketones is 1. The minimum atomic E-state index is -0.801. The molecule has 1 heterocycles. The number of esters is 1. The van der Waals surface area contributed by atoms with Crippen LogP contribution in [0.3, 0.4) is 0 Å². The summed E-state index contributed by atoms with van der Waals surface area (Å²) in [7, 11) is 4.54. The average Bonchev–Trinajstić information content (AvgIpc) is 2.87. The highest BCUT2D eigenvalue weighted by Gasteiger charge is 2.47. The molecule has 38 heavy (non-hydrogen) atoms. The molecule has 0 unspecified atom stereocenters. The number of carbonyl (C=O) groups is 2. The zero-order chi connectivity index (χ0) is 27.8. The maximum atomic E-state index is 13.9. The molecular formula is C29H33ClN2O6. The molecular weight excluding hydrogens is 508 g/mol. The van der Waals surface area contributed by atoms with E-state index in [1.54, 1.807) is 36.1 Å². The summed E-state index contributed by atoms with van der Waals surface area (Å²) in [6.07, 6.45) is 0.881. The summed E-state index contributed by atoms with van der Waals surface area (Å²) in [5.41, 5.74) is 9.20. The van der Waals surface area contributed by atoms with Crippen molar-refractivity contribution in [1.29, 1.82) is 0 Å². The largest absolute Gasteiger partial charge is 0.493 e. The summed E-state index contributed by atoms with van der Waals surface area (Å²) < 4.78 is 22.1. The van der Waals surface area contributed by atoms with Gasteiger partial charge in [0.05, 0.1) is 39.4 Å². The van der Waals surface area contributed by atoms with Crippen LogP contribution in [0, 0.1) is 5.41 Å². The fourth-order valence-electron chi connectivity index (χ4n) is 5.30. The Hall–Kier alpha value is -3.65. The molecule has 2 N–H and O–H groups in total. The van der Waals surface area contributed by atoms with E-state index in [1.807, 2.05) is 26.0 Å². The van der Waals surface area contributed by atoms with Crippen molar-refractivity contribution in [3.8, 4) is 17.2 Å². The number of Topliss-reactive ketones (excluding diaryl/α,β-unsaturated/α-hetero) is 1. The predicted octanol–water partition coefficient (Wildman–Crippen LogP) is 5.35. The van der Waals surface area contributed by atoms with Crippen LogP contribution in [-0.4, -0.2) is 39.7 Å². The van der Waals surface area contributed by atoms with E-state index in [0.717, 1.165) is 5.70 Å². The van der Waals surface area contributed by atoms with Crippen molar-refractivity contribution in [1.82, 2.24) is 0 Å². The number of hydrogen-bond acceptors (Lipinski definition) is 8. The number of benzene rings is 2. The van der Waals surface area contributed by atoms with Crippen molar-refractivity contribution < 1.29 is 28.5 Å². The molecule has 8 nitrogen and oxygen atoms in total. The van der Waals surface area contributed by atoms with Crippen LogP contribution in [0.5, 0.6) is 17.2 Å². The number of methoxy groups -OCH3 is 3. The van der Waals surface area contributed by atoms with Gasteiger partial charge in [0, 0.05) is 28.4 Å². The minimum absolute atomic E-state index is 0.0664. The van der Waals surface area contributed by atoms with Gasteiger partial charge in [0.2, 0.25) is 5.75 Å². The maximum Gasteiger partial charge on any atom is 0.338 e. The Morgan fingerprint density at radius 3 is 2.18 bits per heavy atom. The fourth-order valence-corrected chi connectivity index (χ4v) is 5.43. The minimum Gasteiger partial charge on any atom is -0.493 e. The van der Waals surface area contributed by atoms with Crippen LogP contribution in [0.25, 0.3) is 0 Å². The average molecular weight is 541 g/mol. The topological polar surface area (TPSA) is 100 Å². The summed E-state index contributed by atoms with van der Waals surface area (Å²) in [5, 5.41) is 0.559. The van der Waals surface area contributed by atoms with Crippen LogP contribution >= 0.6 is 11.6 Å². The second kappa shape index (κ2) is 10.6. The van der Waals surface area contributed by atoms with Gasteiger partial charge in [0.15, 0.2) is 17.3 Å². The van der Waals surface area contributed by atoms with Gasteiger partial charge >= 0.3 is 5.97 Å². The Morgan fingerprint density at radius 2 is 1.66 bits per heavy atom. The first-order valence-corrected chi connectivity index (χ1v) is 12.7. The molecule has 0 fully saturated rings. The van der Waals surface area contributed by atoms with Gasteiger partial charge in [-0.2, -0.15) is 0 Å². The van der Waals surface area contributed by atoms with Gasteiger partial charge in [-0.3, -0.25) is 9.69 Å². The molecule has 2 aliphatic rings. The van der Waals surface area contributed by atoms with Crippen molar-refractivity contribution in [3.05, 3.63) is 69.6 Å². The Morgan fingerprint density at radius 1 is 1.05 bits per heavy atom. The van der Waals surface area contributed by atoms with Crippen LogP contribution in [-0.2, 0) is 14.3 Å². The first-order valence-electron chi connectivity index (χ1n) is 12.4. The first-order chi connectivity index (χ1) is 18.1. The molecule has 0 amide bonds. The lowest BCUT2D eigenvalue weighted by Gasteiger charge is -2.44. The van der Waals surface area contributed by atoms with E-state index in [4.69, 9.17) is 36.3 Å². The zero-order valence-electron chi connectivity index (χ0n) is 22.5. The number of carbonyl (C=O) groups excluding carboxylic acids is 2. The van der Waals surface area contributed by atoms with Gasteiger partial charge in [0.1, 0.15) is 5.82 Å². The lowest BCUT2D eigenvalue weighted by atomic mass is 9.68. The second-order valence-corrected chi connectivity index (χ2v) is 10.5. The Balaban J connectivity index is 2.07. The van der Waals surface area contributed by atoms with E-state index >= 15 is 0 Å². The van der Waals surface area contributed by atoms with Crippen molar-refractivity contribution in [2.24, 2.45) is 11.1 Å².